The molecule has 6 heteroatoms. The van der Waals surface area contributed by atoms with Gasteiger partial charge in [0, 0.05) is 44.2 Å². The Kier molecular flexibility index (Phi) is 9.39. The van der Waals surface area contributed by atoms with Crippen LogP contribution in [0.15, 0.2) is 29.3 Å². The summed E-state index contributed by atoms with van der Waals surface area (Å²) in [5, 5.41) is 7.01. The van der Waals surface area contributed by atoms with Crippen molar-refractivity contribution in [2.75, 3.05) is 36.5 Å². The second-order valence-corrected chi connectivity index (χ2v) is 8.47. The topological polar surface area (TPSA) is 39.7 Å². The van der Waals surface area contributed by atoms with Crippen molar-refractivity contribution in [1.29, 1.82) is 0 Å². The van der Waals surface area contributed by atoms with E-state index in [1.165, 1.54) is 61.5 Å². The van der Waals surface area contributed by atoms with Crippen LogP contribution in [0.5, 0.6) is 0 Å². The van der Waals surface area contributed by atoms with Crippen molar-refractivity contribution in [2.24, 2.45) is 10.9 Å². The summed E-state index contributed by atoms with van der Waals surface area (Å²) in [5.74, 6) is 4.28. The zero-order valence-corrected chi connectivity index (χ0v) is 19.2. The summed E-state index contributed by atoms with van der Waals surface area (Å²) in [6.45, 7) is 5.55. The van der Waals surface area contributed by atoms with E-state index in [1.807, 2.05) is 18.8 Å². The number of nitrogens with one attached hydrogen (secondary N) is 2. The maximum atomic E-state index is 4.37. The lowest BCUT2D eigenvalue weighted by molar-refractivity contribution is 0.438. The third-order valence-corrected chi connectivity index (χ3v) is 6.49. The Morgan fingerprint density at radius 1 is 1.19 bits per heavy atom. The molecule has 2 fully saturated rings. The molecular weight excluding hydrogens is 455 g/mol. The molecule has 0 radical (unpaired) electrons. The molecule has 2 saturated heterocycles. The minimum atomic E-state index is 0. The Bertz CT molecular complexity index is 549. The number of hydrogen-bond donors (Lipinski definition) is 2. The third-order valence-electron chi connectivity index (χ3n) is 5.27. The molecule has 2 N–H and O–H groups in total. The molecule has 2 heterocycles. The van der Waals surface area contributed by atoms with Crippen LogP contribution in [-0.2, 0) is 6.54 Å². The maximum absolute atomic E-state index is 4.37. The first-order valence-corrected chi connectivity index (χ1v) is 10.8. The van der Waals surface area contributed by atoms with Gasteiger partial charge in [0.1, 0.15) is 0 Å². The van der Waals surface area contributed by atoms with E-state index in [0.29, 0.717) is 6.04 Å². The van der Waals surface area contributed by atoms with Gasteiger partial charge in [-0.1, -0.05) is 19.1 Å². The number of guanidine groups is 1. The second kappa shape index (κ2) is 11.3. The molecular formula is C20H33IN4S. The summed E-state index contributed by atoms with van der Waals surface area (Å²) in [6.07, 6.45) is 5.17. The highest BCUT2D eigenvalue weighted by Gasteiger charge is 2.16. The van der Waals surface area contributed by atoms with Crippen molar-refractivity contribution in [3.05, 3.63) is 29.8 Å². The summed E-state index contributed by atoms with van der Waals surface area (Å²) in [5.41, 5.74) is 2.66. The molecule has 2 aliphatic heterocycles. The van der Waals surface area contributed by atoms with Gasteiger partial charge < -0.3 is 15.5 Å². The van der Waals surface area contributed by atoms with Gasteiger partial charge >= 0.3 is 0 Å². The maximum Gasteiger partial charge on any atom is 0.191 e. The number of piperidine rings is 1. The van der Waals surface area contributed by atoms with Gasteiger partial charge in [0.25, 0.3) is 0 Å². The second-order valence-electron chi connectivity index (χ2n) is 7.32. The van der Waals surface area contributed by atoms with E-state index in [0.717, 1.165) is 18.4 Å². The molecule has 4 nitrogen and oxygen atoms in total. The Morgan fingerprint density at radius 2 is 1.92 bits per heavy atom. The molecule has 26 heavy (non-hydrogen) atoms. The van der Waals surface area contributed by atoms with Gasteiger partial charge in [-0.3, -0.25) is 4.99 Å². The lowest BCUT2D eigenvalue weighted by Crippen LogP contribution is -2.45. The Morgan fingerprint density at radius 3 is 2.54 bits per heavy atom. The van der Waals surface area contributed by atoms with Gasteiger partial charge in [-0.05, 0) is 55.1 Å². The van der Waals surface area contributed by atoms with E-state index in [-0.39, 0.29) is 24.0 Å². The van der Waals surface area contributed by atoms with Crippen LogP contribution in [-0.4, -0.2) is 43.6 Å². The first kappa shape index (κ1) is 21.7. The van der Waals surface area contributed by atoms with Crippen LogP contribution in [0.1, 0.15) is 38.2 Å². The molecule has 0 saturated carbocycles. The van der Waals surface area contributed by atoms with Crippen molar-refractivity contribution in [3.8, 4) is 0 Å². The monoisotopic (exact) mass is 488 g/mol. The predicted molar refractivity (Wildman–Crippen MR) is 126 cm³/mol. The van der Waals surface area contributed by atoms with E-state index >= 15 is 0 Å². The van der Waals surface area contributed by atoms with Gasteiger partial charge in [-0.25, -0.2) is 0 Å². The summed E-state index contributed by atoms with van der Waals surface area (Å²) in [4.78, 5) is 6.88. The number of nitrogens with zero attached hydrogens (tertiary/aromatic N) is 2. The first-order valence-electron chi connectivity index (χ1n) is 9.63. The van der Waals surface area contributed by atoms with E-state index in [9.17, 15) is 0 Å². The molecule has 1 atom stereocenters. The van der Waals surface area contributed by atoms with Gasteiger partial charge in [-0.2, -0.15) is 11.8 Å². The van der Waals surface area contributed by atoms with Crippen LogP contribution >= 0.6 is 35.7 Å². The molecule has 3 rings (SSSR count). The number of benzene rings is 1. The fraction of sp³-hybridized carbons (Fsp3) is 0.650. The standard InChI is InChI=1S/C20H32N4S.HI/c1-16-9-11-24(12-10-16)19-7-5-17(6-8-19)14-22-20(21-2)23-18-4-3-13-25-15-18;/h5-8,16,18H,3-4,9-15H2,1-2H3,(H2,21,22,23);1H. The normalized spacial score (nSPS) is 21.8. The molecule has 1 aromatic carbocycles. The Hall–Kier alpha value is -0.630. The molecule has 0 spiro atoms. The number of anilines is 1. The third kappa shape index (κ3) is 6.51. The van der Waals surface area contributed by atoms with Crippen molar-refractivity contribution >= 4 is 47.4 Å². The zero-order chi connectivity index (χ0) is 17.5. The summed E-state index contributed by atoms with van der Waals surface area (Å²) < 4.78 is 0. The minimum absolute atomic E-state index is 0. The van der Waals surface area contributed by atoms with Gasteiger partial charge in [0.15, 0.2) is 5.96 Å². The van der Waals surface area contributed by atoms with Crippen molar-refractivity contribution in [2.45, 2.75) is 45.2 Å². The van der Waals surface area contributed by atoms with E-state index < -0.39 is 0 Å². The van der Waals surface area contributed by atoms with Crippen LogP contribution in [0.2, 0.25) is 0 Å². The summed E-state index contributed by atoms with van der Waals surface area (Å²) in [7, 11) is 1.85. The van der Waals surface area contributed by atoms with E-state index in [4.69, 9.17) is 0 Å². The number of hydrogen-bond acceptors (Lipinski definition) is 3. The first-order chi connectivity index (χ1) is 12.2. The molecule has 0 aromatic heterocycles. The molecule has 1 aromatic rings. The largest absolute Gasteiger partial charge is 0.372 e. The van der Waals surface area contributed by atoms with Crippen LogP contribution in [0.3, 0.4) is 0 Å². The lowest BCUT2D eigenvalue weighted by atomic mass is 9.99. The van der Waals surface area contributed by atoms with Gasteiger partial charge in [-0.15, -0.1) is 24.0 Å². The number of thioether (sulfide) groups is 1. The predicted octanol–water partition coefficient (Wildman–Crippen LogP) is 4.10. The smallest absolute Gasteiger partial charge is 0.191 e. The SMILES string of the molecule is CN=C(NCc1ccc(N2CCC(C)CC2)cc1)NC1CCCSC1.I. The van der Waals surface area contributed by atoms with Crippen molar-refractivity contribution < 1.29 is 0 Å². The molecule has 2 aliphatic rings. The average Bonchev–Trinajstić information content (AvgIpc) is 2.67. The fourth-order valence-electron chi connectivity index (χ4n) is 3.52. The highest BCUT2D eigenvalue weighted by molar-refractivity contribution is 14.0. The van der Waals surface area contributed by atoms with Crippen molar-refractivity contribution in [3.63, 3.8) is 0 Å². The Labute approximate surface area is 180 Å². The molecule has 0 aliphatic carbocycles. The summed E-state index contributed by atoms with van der Waals surface area (Å²) >= 11 is 2.04. The lowest BCUT2D eigenvalue weighted by Gasteiger charge is -2.32. The fourth-order valence-corrected chi connectivity index (χ4v) is 4.59. The molecule has 146 valence electrons. The quantitative estimate of drug-likeness (QED) is 0.381. The van der Waals surface area contributed by atoms with E-state index in [1.54, 1.807) is 0 Å². The number of halogens is 1. The minimum Gasteiger partial charge on any atom is -0.372 e. The molecule has 0 bridgehead atoms. The van der Waals surface area contributed by atoms with Crippen LogP contribution in [0.4, 0.5) is 5.69 Å². The van der Waals surface area contributed by atoms with Crippen LogP contribution in [0, 0.1) is 5.92 Å². The van der Waals surface area contributed by atoms with Crippen molar-refractivity contribution in [1.82, 2.24) is 10.6 Å². The van der Waals surface area contributed by atoms with E-state index in [2.05, 4.69) is 51.7 Å². The molecule has 0 amide bonds. The number of rotatable bonds is 4. The van der Waals surface area contributed by atoms with Gasteiger partial charge in [0.2, 0.25) is 0 Å². The highest BCUT2D eigenvalue weighted by Crippen LogP contribution is 2.23. The Balaban J connectivity index is 0.00000243. The van der Waals surface area contributed by atoms with Crippen LogP contribution in [0.25, 0.3) is 0 Å². The van der Waals surface area contributed by atoms with Crippen LogP contribution < -0.4 is 15.5 Å². The average molecular weight is 488 g/mol. The van der Waals surface area contributed by atoms with Gasteiger partial charge in [0.05, 0.1) is 0 Å². The number of aliphatic imine (C=N–C) groups is 1. The molecule has 1 unspecified atom stereocenters. The highest BCUT2D eigenvalue weighted by atomic mass is 127. The zero-order valence-electron chi connectivity index (χ0n) is 16.0. The summed E-state index contributed by atoms with van der Waals surface area (Å²) in [6, 6.07) is 9.56.